The third-order valence-electron chi connectivity index (χ3n) is 6.38. The summed E-state index contributed by atoms with van der Waals surface area (Å²) in [6, 6.07) is 0. The number of piperazine rings is 1. The molecule has 0 aromatic heterocycles. The summed E-state index contributed by atoms with van der Waals surface area (Å²) in [6.45, 7) is 9.31. The van der Waals surface area contributed by atoms with Crippen molar-refractivity contribution in [2.45, 2.75) is 63.9 Å². The van der Waals surface area contributed by atoms with Gasteiger partial charge in [-0.05, 0) is 32.6 Å². The van der Waals surface area contributed by atoms with Crippen molar-refractivity contribution in [2.75, 3.05) is 58.9 Å². The highest BCUT2D eigenvalue weighted by Crippen LogP contribution is 2.29. The fourth-order valence-electron chi connectivity index (χ4n) is 4.57. The zero-order valence-electron chi connectivity index (χ0n) is 18.1. The highest BCUT2D eigenvalue weighted by molar-refractivity contribution is 14.0. The largest absolute Gasteiger partial charge is 0.388 e. The van der Waals surface area contributed by atoms with Crippen molar-refractivity contribution in [3.63, 3.8) is 0 Å². The van der Waals surface area contributed by atoms with Crippen LogP contribution in [0, 0.1) is 0 Å². The molecule has 0 aromatic rings. The maximum absolute atomic E-state index is 12.6. The summed E-state index contributed by atoms with van der Waals surface area (Å²) in [4.78, 5) is 24.0. The molecule has 8 heteroatoms. The summed E-state index contributed by atoms with van der Waals surface area (Å²) in [7, 11) is 0. The Labute approximate surface area is 193 Å². The van der Waals surface area contributed by atoms with E-state index in [0.717, 1.165) is 90.3 Å². The molecule has 1 saturated carbocycles. The van der Waals surface area contributed by atoms with Crippen molar-refractivity contribution in [3.8, 4) is 0 Å². The molecule has 2 saturated heterocycles. The molecule has 0 radical (unpaired) electrons. The summed E-state index contributed by atoms with van der Waals surface area (Å²) < 4.78 is 0. The standard InChI is InChI=1S/C21H39N5O2.HI/c1-2-22-20(23-18-21(28)9-5-6-10-21)26-15-13-24(14-16-26)17-19(27)25-11-7-3-4-8-12-25;/h28H,2-18H2,1H3,(H,22,23);1H. The van der Waals surface area contributed by atoms with Crippen LogP contribution in [0.25, 0.3) is 0 Å². The Hall–Kier alpha value is -0.610. The summed E-state index contributed by atoms with van der Waals surface area (Å²) in [6.07, 6.45) is 8.74. The van der Waals surface area contributed by atoms with E-state index in [0.29, 0.717) is 19.0 Å². The van der Waals surface area contributed by atoms with Gasteiger partial charge in [0.1, 0.15) is 0 Å². The van der Waals surface area contributed by atoms with Crippen molar-refractivity contribution >= 4 is 35.8 Å². The topological polar surface area (TPSA) is 71.4 Å². The molecule has 168 valence electrons. The highest BCUT2D eigenvalue weighted by Gasteiger charge is 2.31. The third kappa shape index (κ3) is 7.54. The van der Waals surface area contributed by atoms with Crippen LogP contribution < -0.4 is 5.32 Å². The Morgan fingerprint density at radius 1 is 0.931 bits per heavy atom. The molecule has 2 aliphatic heterocycles. The third-order valence-corrected chi connectivity index (χ3v) is 6.38. The number of aliphatic hydroxyl groups is 1. The molecule has 0 bridgehead atoms. The molecular weight excluding hydrogens is 481 g/mol. The van der Waals surface area contributed by atoms with Crippen LogP contribution in [0.4, 0.5) is 0 Å². The van der Waals surface area contributed by atoms with E-state index >= 15 is 0 Å². The predicted molar refractivity (Wildman–Crippen MR) is 128 cm³/mol. The number of amides is 1. The highest BCUT2D eigenvalue weighted by atomic mass is 127. The molecule has 0 spiro atoms. The second kappa shape index (κ2) is 12.3. The number of hydrogen-bond acceptors (Lipinski definition) is 4. The SMILES string of the molecule is CCNC(=NCC1(O)CCCC1)N1CCN(CC(=O)N2CCCCCC2)CC1.I. The van der Waals surface area contributed by atoms with Gasteiger partial charge in [-0.2, -0.15) is 0 Å². The first-order chi connectivity index (χ1) is 13.6. The lowest BCUT2D eigenvalue weighted by Crippen LogP contribution is -2.54. The van der Waals surface area contributed by atoms with Crippen molar-refractivity contribution in [1.29, 1.82) is 0 Å². The van der Waals surface area contributed by atoms with Gasteiger partial charge < -0.3 is 20.2 Å². The molecule has 1 aliphatic carbocycles. The molecule has 1 amide bonds. The lowest BCUT2D eigenvalue weighted by Gasteiger charge is -2.37. The minimum atomic E-state index is -0.609. The molecule has 2 N–H and O–H groups in total. The van der Waals surface area contributed by atoms with Crippen LogP contribution in [0.2, 0.25) is 0 Å². The molecule has 3 aliphatic rings. The van der Waals surface area contributed by atoms with Crippen LogP contribution in [0.15, 0.2) is 4.99 Å². The van der Waals surface area contributed by atoms with E-state index in [1.165, 1.54) is 12.8 Å². The number of nitrogens with one attached hydrogen (secondary N) is 1. The fourth-order valence-corrected chi connectivity index (χ4v) is 4.57. The van der Waals surface area contributed by atoms with Gasteiger partial charge in [-0.3, -0.25) is 14.7 Å². The van der Waals surface area contributed by atoms with Gasteiger partial charge >= 0.3 is 0 Å². The smallest absolute Gasteiger partial charge is 0.236 e. The van der Waals surface area contributed by atoms with E-state index in [9.17, 15) is 9.90 Å². The molecule has 7 nitrogen and oxygen atoms in total. The number of halogens is 1. The molecule has 0 atom stereocenters. The Morgan fingerprint density at radius 2 is 1.55 bits per heavy atom. The van der Waals surface area contributed by atoms with Crippen molar-refractivity contribution in [2.24, 2.45) is 4.99 Å². The number of rotatable bonds is 5. The van der Waals surface area contributed by atoms with Crippen molar-refractivity contribution < 1.29 is 9.90 Å². The van der Waals surface area contributed by atoms with Crippen LogP contribution in [0.1, 0.15) is 58.3 Å². The van der Waals surface area contributed by atoms with E-state index in [4.69, 9.17) is 4.99 Å². The van der Waals surface area contributed by atoms with Gasteiger partial charge in [0.15, 0.2) is 5.96 Å². The minimum Gasteiger partial charge on any atom is -0.388 e. The molecule has 3 fully saturated rings. The maximum Gasteiger partial charge on any atom is 0.236 e. The number of carbonyl (C=O) groups excluding carboxylic acids is 1. The quantitative estimate of drug-likeness (QED) is 0.329. The molecule has 0 aromatic carbocycles. The minimum absolute atomic E-state index is 0. The Kier molecular flexibility index (Phi) is 10.5. The number of hydrogen-bond donors (Lipinski definition) is 2. The Bertz CT molecular complexity index is 523. The maximum atomic E-state index is 12.6. The van der Waals surface area contributed by atoms with Gasteiger partial charge in [0.2, 0.25) is 5.91 Å². The van der Waals surface area contributed by atoms with Crippen LogP contribution in [-0.4, -0.2) is 96.2 Å². The van der Waals surface area contributed by atoms with Crippen molar-refractivity contribution in [3.05, 3.63) is 0 Å². The lowest BCUT2D eigenvalue weighted by molar-refractivity contribution is -0.132. The van der Waals surface area contributed by atoms with E-state index in [1.54, 1.807) is 0 Å². The van der Waals surface area contributed by atoms with Gasteiger partial charge in [0.25, 0.3) is 0 Å². The zero-order valence-corrected chi connectivity index (χ0v) is 20.4. The van der Waals surface area contributed by atoms with Gasteiger partial charge in [-0.15, -0.1) is 24.0 Å². The molecule has 0 unspecified atom stereocenters. The summed E-state index contributed by atoms with van der Waals surface area (Å²) >= 11 is 0. The first-order valence-electron chi connectivity index (χ1n) is 11.4. The molecule has 2 heterocycles. The normalized spacial score (nSPS) is 23.4. The second-order valence-corrected chi connectivity index (χ2v) is 8.66. The van der Waals surface area contributed by atoms with Gasteiger partial charge in [-0.25, -0.2) is 0 Å². The second-order valence-electron chi connectivity index (χ2n) is 8.66. The van der Waals surface area contributed by atoms with E-state index in [-0.39, 0.29) is 24.0 Å². The summed E-state index contributed by atoms with van der Waals surface area (Å²) in [5, 5.41) is 14.0. The summed E-state index contributed by atoms with van der Waals surface area (Å²) in [5.41, 5.74) is -0.609. The fraction of sp³-hybridized carbons (Fsp3) is 0.905. The first-order valence-corrected chi connectivity index (χ1v) is 11.4. The van der Waals surface area contributed by atoms with Crippen LogP contribution in [0.5, 0.6) is 0 Å². The van der Waals surface area contributed by atoms with E-state index in [1.807, 2.05) is 0 Å². The number of likely N-dealkylation sites (tertiary alicyclic amines) is 1. The van der Waals surface area contributed by atoms with E-state index in [2.05, 4.69) is 26.9 Å². The van der Waals surface area contributed by atoms with Crippen LogP contribution in [-0.2, 0) is 4.79 Å². The lowest BCUT2D eigenvalue weighted by atomic mass is 10.0. The van der Waals surface area contributed by atoms with Crippen molar-refractivity contribution in [1.82, 2.24) is 20.0 Å². The number of carbonyl (C=O) groups is 1. The zero-order chi connectivity index (χ0) is 19.8. The Balaban J connectivity index is 0.00000300. The summed E-state index contributed by atoms with van der Waals surface area (Å²) in [5.74, 6) is 1.20. The molecular formula is C21H40IN5O2. The van der Waals surface area contributed by atoms with Crippen LogP contribution in [0.3, 0.4) is 0 Å². The van der Waals surface area contributed by atoms with Crippen LogP contribution >= 0.6 is 24.0 Å². The van der Waals surface area contributed by atoms with Gasteiger partial charge in [-0.1, -0.05) is 25.7 Å². The first kappa shape index (κ1) is 24.7. The van der Waals surface area contributed by atoms with Gasteiger partial charge in [0, 0.05) is 45.8 Å². The number of guanidine groups is 1. The average molecular weight is 521 g/mol. The molecule has 3 rings (SSSR count). The monoisotopic (exact) mass is 521 g/mol. The molecule has 29 heavy (non-hydrogen) atoms. The van der Waals surface area contributed by atoms with Gasteiger partial charge in [0.05, 0.1) is 18.7 Å². The number of nitrogens with zero attached hydrogens (tertiary/aromatic N) is 4. The number of aliphatic imine (C=N–C) groups is 1. The van der Waals surface area contributed by atoms with E-state index < -0.39 is 5.60 Å². The Morgan fingerprint density at radius 3 is 2.14 bits per heavy atom. The average Bonchev–Trinajstić information content (AvgIpc) is 2.95. The predicted octanol–water partition coefficient (Wildman–Crippen LogP) is 1.90.